The fourth-order valence-corrected chi connectivity index (χ4v) is 3.47. The molecule has 1 aromatic carbocycles. The third kappa shape index (κ3) is 2.43. The second-order valence-corrected chi connectivity index (χ2v) is 6.43. The molecule has 1 saturated heterocycles. The van der Waals surface area contributed by atoms with Gasteiger partial charge in [0.05, 0.1) is 0 Å². The maximum Gasteiger partial charge on any atom is 0.138 e. The molecule has 2 aliphatic heterocycles. The molecule has 114 valence electrons. The zero-order chi connectivity index (χ0) is 14.9. The van der Waals surface area contributed by atoms with E-state index < -0.39 is 0 Å². The molecule has 0 amide bonds. The summed E-state index contributed by atoms with van der Waals surface area (Å²) in [5, 5.41) is 0. The molecular weight excluding hydrogens is 272 g/mol. The van der Waals surface area contributed by atoms with E-state index in [-0.39, 0.29) is 0 Å². The van der Waals surface area contributed by atoms with Crippen molar-refractivity contribution in [1.29, 1.82) is 0 Å². The zero-order valence-corrected chi connectivity index (χ0v) is 13.1. The molecular formula is C18H22N4. The lowest BCUT2D eigenvalue weighted by Gasteiger charge is -2.31. The van der Waals surface area contributed by atoms with Crippen molar-refractivity contribution in [1.82, 2.24) is 9.97 Å². The van der Waals surface area contributed by atoms with Crippen LogP contribution in [0.1, 0.15) is 25.3 Å². The van der Waals surface area contributed by atoms with E-state index in [2.05, 4.69) is 57.0 Å². The Morgan fingerprint density at radius 1 is 1.00 bits per heavy atom. The molecule has 1 aromatic heterocycles. The van der Waals surface area contributed by atoms with E-state index in [9.17, 15) is 0 Å². The van der Waals surface area contributed by atoms with Gasteiger partial charge in [0, 0.05) is 31.4 Å². The summed E-state index contributed by atoms with van der Waals surface area (Å²) >= 11 is 0. The molecule has 0 saturated carbocycles. The van der Waals surface area contributed by atoms with Crippen molar-refractivity contribution in [3.05, 3.63) is 42.2 Å². The fourth-order valence-electron chi connectivity index (χ4n) is 3.47. The van der Waals surface area contributed by atoms with E-state index >= 15 is 0 Å². The van der Waals surface area contributed by atoms with E-state index in [1.807, 2.05) is 0 Å². The Labute approximate surface area is 131 Å². The third-order valence-electron chi connectivity index (χ3n) is 4.91. The van der Waals surface area contributed by atoms with Gasteiger partial charge in [-0.1, -0.05) is 25.1 Å². The van der Waals surface area contributed by atoms with Gasteiger partial charge in [-0.25, -0.2) is 9.97 Å². The number of piperidine rings is 1. The van der Waals surface area contributed by atoms with Crippen LogP contribution in [-0.4, -0.2) is 29.6 Å². The van der Waals surface area contributed by atoms with E-state index in [0.717, 1.165) is 43.6 Å². The lowest BCUT2D eigenvalue weighted by atomic mass is 9.99. The summed E-state index contributed by atoms with van der Waals surface area (Å²) in [5.74, 6) is 2.93. The van der Waals surface area contributed by atoms with Gasteiger partial charge in [0.1, 0.15) is 18.0 Å². The molecule has 1 fully saturated rings. The summed E-state index contributed by atoms with van der Waals surface area (Å²) in [5.41, 5.74) is 2.70. The normalized spacial score (nSPS) is 18.6. The Bertz CT molecular complexity index is 662. The van der Waals surface area contributed by atoms with Gasteiger partial charge < -0.3 is 9.80 Å². The minimum atomic E-state index is 0.836. The molecule has 0 radical (unpaired) electrons. The Kier molecular flexibility index (Phi) is 3.45. The van der Waals surface area contributed by atoms with E-state index in [4.69, 9.17) is 0 Å². The number of nitrogens with zero attached hydrogens (tertiary/aromatic N) is 4. The smallest absolute Gasteiger partial charge is 0.138 e. The number of anilines is 3. The van der Waals surface area contributed by atoms with E-state index in [0.29, 0.717) is 0 Å². The molecule has 0 unspecified atom stereocenters. The van der Waals surface area contributed by atoms with Gasteiger partial charge in [-0.2, -0.15) is 0 Å². The molecule has 2 aromatic rings. The van der Waals surface area contributed by atoms with Crippen molar-refractivity contribution in [2.45, 2.75) is 26.2 Å². The molecule has 0 spiro atoms. The first-order valence-electron chi connectivity index (χ1n) is 8.24. The number of rotatable bonds is 2. The number of aromatic nitrogens is 2. The van der Waals surface area contributed by atoms with Crippen molar-refractivity contribution >= 4 is 17.3 Å². The molecule has 0 atom stereocenters. The first-order chi connectivity index (χ1) is 10.8. The molecule has 4 rings (SSSR count). The van der Waals surface area contributed by atoms with Crippen molar-refractivity contribution in [2.75, 3.05) is 29.4 Å². The standard InChI is InChI=1S/C18H22N4/c1-14-6-9-21(10-7-14)17-12-18(20-13-19-17)22-11-8-15-4-2-3-5-16(15)22/h2-5,12-14H,6-11H2,1H3. The summed E-state index contributed by atoms with van der Waals surface area (Å²) in [7, 11) is 0. The van der Waals surface area contributed by atoms with Crippen LogP contribution in [0.4, 0.5) is 17.3 Å². The number of benzene rings is 1. The van der Waals surface area contributed by atoms with Gasteiger partial charge >= 0.3 is 0 Å². The fraction of sp³-hybridized carbons (Fsp3) is 0.444. The predicted molar refractivity (Wildman–Crippen MR) is 89.8 cm³/mol. The van der Waals surface area contributed by atoms with Crippen LogP contribution in [0.2, 0.25) is 0 Å². The molecule has 4 heteroatoms. The van der Waals surface area contributed by atoms with Gasteiger partial charge in [0.25, 0.3) is 0 Å². The highest BCUT2D eigenvalue weighted by atomic mass is 15.2. The summed E-state index contributed by atoms with van der Waals surface area (Å²) in [6.45, 7) is 5.55. The first-order valence-corrected chi connectivity index (χ1v) is 8.24. The predicted octanol–water partition coefficient (Wildman–Crippen LogP) is 3.41. The van der Waals surface area contributed by atoms with Crippen LogP contribution >= 0.6 is 0 Å². The number of fused-ring (bicyclic) bond motifs is 1. The molecule has 4 nitrogen and oxygen atoms in total. The van der Waals surface area contributed by atoms with Gasteiger partial charge in [-0.05, 0) is 36.8 Å². The maximum absolute atomic E-state index is 4.52. The average molecular weight is 294 g/mol. The Morgan fingerprint density at radius 3 is 2.64 bits per heavy atom. The summed E-state index contributed by atoms with van der Waals surface area (Å²) < 4.78 is 0. The molecule has 3 heterocycles. The van der Waals surface area contributed by atoms with Crippen LogP contribution < -0.4 is 9.80 Å². The van der Waals surface area contributed by atoms with Crippen LogP contribution in [0.3, 0.4) is 0 Å². The van der Waals surface area contributed by atoms with Crippen molar-refractivity contribution in [3.8, 4) is 0 Å². The van der Waals surface area contributed by atoms with Gasteiger partial charge in [0.2, 0.25) is 0 Å². The lowest BCUT2D eigenvalue weighted by Crippen LogP contribution is -2.33. The first kappa shape index (κ1) is 13.6. The highest BCUT2D eigenvalue weighted by Gasteiger charge is 2.22. The Balaban J connectivity index is 1.60. The lowest BCUT2D eigenvalue weighted by molar-refractivity contribution is 0.436. The summed E-state index contributed by atoms with van der Waals surface area (Å²) in [6.07, 6.45) is 5.32. The monoisotopic (exact) mass is 294 g/mol. The van der Waals surface area contributed by atoms with Crippen LogP contribution in [0.5, 0.6) is 0 Å². The topological polar surface area (TPSA) is 32.3 Å². The number of hydrogen-bond donors (Lipinski definition) is 0. The minimum absolute atomic E-state index is 0.836. The number of hydrogen-bond acceptors (Lipinski definition) is 4. The van der Waals surface area contributed by atoms with Crippen LogP contribution in [0.25, 0.3) is 0 Å². The highest BCUT2D eigenvalue weighted by Crippen LogP contribution is 2.34. The molecule has 22 heavy (non-hydrogen) atoms. The van der Waals surface area contributed by atoms with E-state index in [1.54, 1.807) is 6.33 Å². The van der Waals surface area contributed by atoms with Crippen LogP contribution in [-0.2, 0) is 6.42 Å². The number of para-hydroxylation sites is 1. The second kappa shape index (κ2) is 5.59. The highest BCUT2D eigenvalue weighted by molar-refractivity contribution is 5.68. The molecule has 2 aliphatic rings. The van der Waals surface area contributed by atoms with Gasteiger partial charge in [0.15, 0.2) is 0 Å². The SMILES string of the molecule is CC1CCN(c2cc(N3CCc4ccccc43)ncn2)CC1. The van der Waals surface area contributed by atoms with Gasteiger partial charge in [-0.15, -0.1) is 0 Å². The Hall–Kier alpha value is -2.10. The van der Waals surface area contributed by atoms with Crippen LogP contribution in [0, 0.1) is 5.92 Å². The Morgan fingerprint density at radius 2 is 1.77 bits per heavy atom. The summed E-state index contributed by atoms with van der Waals surface area (Å²) in [6, 6.07) is 10.8. The molecule has 0 N–H and O–H groups in total. The second-order valence-electron chi connectivity index (χ2n) is 6.43. The van der Waals surface area contributed by atoms with Crippen LogP contribution in [0.15, 0.2) is 36.7 Å². The largest absolute Gasteiger partial charge is 0.356 e. The van der Waals surface area contributed by atoms with Crippen molar-refractivity contribution < 1.29 is 0 Å². The minimum Gasteiger partial charge on any atom is -0.356 e. The van der Waals surface area contributed by atoms with Gasteiger partial charge in [-0.3, -0.25) is 0 Å². The van der Waals surface area contributed by atoms with Crippen molar-refractivity contribution in [3.63, 3.8) is 0 Å². The zero-order valence-electron chi connectivity index (χ0n) is 13.1. The van der Waals surface area contributed by atoms with Crippen molar-refractivity contribution in [2.24, 2.45) is 5.92 Å². The quantitative estimate of drug-likeness (QED) is 0.849. The maximum atomic E-state index is 4.52. The third-order valence-corrected chi connectivity index (χ3v) is 4.91. The van der Waals surface area contributed by atoms with E-state index in [1.165, 1.54) is 24.1 Å². The summed E-state index contributed by atoms with van der Waals surface area (Å²) in [4.78, 5) is 13.7. The molecule has 0 aliphatic carbocycles. The average Bonchev–Trinajstić information content (AvgIpc) is 3.00. The molecule has 0 bridgehead atoms.